The number of carbonyl (C=O) groups is 1. The summed E-state index contributed by atoms with van der Waals surface area (Å²) in [4.78, 5) is 20.9. The van der Waals surface area contributed by atoms with Gasteiger partial charge in [-0.15, -0.1) is 6.58 Å². The second kappa shape index (κ2) is 12.7. The lowest BCUT2D eigenvalue weighted by Crippen LogP contribution is -2.50. The van der Waals surface area contributed by atoms with Crippen LogP contribution in [0.3, 0.4) is 0 Å². The van der Waals surface area contributed by atoms with Gasteiger partial charge in [0, 0.05) is 51.2 Å². The summed E-state index contributed by atoms with van der Waals surface area (Å²) in [5.74, 6) is 0.933. The van der Waals surface area contributed by atoms with Crippen molar-refractivity contribution in [3.8, 4) is 5.75 Å². The van der Waals surface area contributed by atoms with Crippen LogP contribution in [0.2, 0.25) is 0 Å². The van der Waals surface area contributed by atoms with Gasteiger partial charge in [0.2, 0.25) is 5.90 Å². The van der Waals surface area contributed by atoms with Gasteiger partial charge < -0.3 is 24.6 Å². The van der Waals surface area contributed by atoms with E-state index in [1.807, 2.05) is 54.6 Å². The van der Waals surface area contributed by atoms with Gasteiger partial charge in [0.1, 0.15) is 5.75 Å². The van der Waals surface area contributed by atoms with Crippen LogP contribution in [-0.4, -0.2) is 80.0 Å². The van der Waals surface area contributed by atoms with E-state index in [2.05, 4.69) is 16.8 Å². The Balaban J connectivity index is 1.56. The highest BCUT2D eigenvalue weighted by Gasteiger charge is 2.52. The van der Waals surface area contributed by atoms with Crippen LogP contribution in [0.15, 0.2) is 72.2 Å². The van der Waals surface area contributed by atoms with Gasteiger partial charge in [0.05, 0.1) is 19.8 Å². The number of nitrogens with one attached hydrogen (secondary N) is 1. The predicted octanol–water partition coefficient (Wildman–Crippen LogP) is 2.73. The molecular formula is C28H35N3O5. The number of ether oxygens (including phenoxy) is 3. The van der Waals surface area contributed by atoms with Gasteiger partial charge in [0.15, 0.2) is 11.6 Å². The molecule has 4 rings (SSSR count). The third-order valence-electron chi connectivity index (χ3n) is 6.41. The Morgan fingerprint density at radius 2 is 1.94 bits per heavy atom. The summed E-state index contributed by atoms with van der Waals surface area (Å²) < 4.78 is 17.4. The normalized spacial score (nSPS) is 21.9. The summed E-state index contributed by atoms with van der Waals surface area (Å²) in [6.45, 7) is 8.89. The molecule has 2 heterocycles. The Bertz CT molecular complexity index is 1020. The van der Waals surface area contributed by atoms with Crippen LogP contribution >= 0.6 is 0 Å². The van der Waals surface area contributed by atoms with Gasteiger partial charge >= 0.3 is 0 Å². The number of hydrogen-bond acceptors (Lipinski definition) is 7. The molecule has 2 aromatic carbocycles. The fourth-order valence-corrected chi connectivity index (χ4v) is 4.47. The summed E-state index contributed by atoms with van der Waals surface area (Å²) in [7, 11) is 0. The number of amides is 1. The maximum absolute atomic E-state index is 13.7. The molecule has 0 radical (unpaired) electrons. The van der Waals surface area contributed by atoms with Crippen LogP contribution < -0.4 is 10.1 Å². The average molecular weight is 494 g/mol. The number of aliphatic imine (C=N–C) groups is 1. The molecule has 8 heteroatoms. The van der Waals surface area contributed by atoms with Crippen molar-refractivity contribution in [2.24, 2.45) is 4.99 Å². The molecule has 0 aliphatic carbocycles. The topological polar surface area (TPSA) is 92.6 Å². The molecule has 1 saturated heterocycles. The Morgan fingerprint density at radius 1 is 1.19 bits per heavy atom. The standard InChI is InChI=1S/C28H35N3O5/c1-2-13-28(27(33)29-14-15-31-16-20-34-21-17-31)25(22-7-4-3-5-8-22)36-26(30-28)23-9-11-24(12-10-23)35-19-6-18-32/h2-5,7-12,25,32H,1,6,13-21H2,(H,29,33)/t25-,28-/m0/s1. The smallest absolute Gasteiger partial charge is 0.252 e. The molecule has 192 valence electrons. The Morgan fingerprint density at radius 3 is 2.64 bits per heavy atom. The fraction of sp³-hybridized carbons (Fsp3) is 0.429. The second-order valence-corrected chi connectivity index (χ2v) is 8.90. The number of aliphatic hydroxyl groups is 1. The average Bonchev–Trinajstić information content (AvgIpc) is 3.31. The lowest BCUT2D eigenvalue weighted by Gasteiger charge is -2.31. The van der Waals surface area contributed by atoms with E-state index in [9.17, 15) is 4.79 Å². The highest BCUT2D eigenvalue weighted by Crippen LogP contribution is 2.42. The first-order valence-electron chi connectivity index (χ1n) is 12.5. The molecule has 0 unspecified atom stereocenters. The molecular weight excluding hydrogens is 458 g/mol. The van der Waals surface area contributed by atoms with Gasteiger partial charge in [-0.25, -0.2) is 4.99 Å². The van der Waals surface area contributed by atoms with Crippen molar-refractivity contribution in [3.63, 3.8) is 0 Å². The van der Waals surface area contributed by atoms with Crippen LogP contribution in [0, 0.1) is 0 Å². The molecule has 0 saturated carbocycles. The van der Waals surface area contributed by atoms with Crippen LogP contribution in [0.1, 0.15) is 30.1 Å². The van der Waals surface area contributed by atoms with Crippen LogP contribution in [-0.2, 0) is 14.3 Å². The maximum Gasteiger partial charge on any atom is 0.252 e. The van der Waals surface area contributed by atoms with Crippen molar-refractivity contribution >= 4 is 11.8 Å². The SMILES string of the molecule is C=CC[C@]1(C(=O)NCCN2CCOCC2)N=C(c2ccc(OCCCO)cc2)O[C@H]1c1ccccc1. The van der Waals surface area contributed by atoms with Crippen LogP contribution in [0.25, 0.3) is 0 Å². The molecule has 0 aromatic heterocycles. The quantitative estimate of drug-likeness (QED) is 0.349. The molecule has 2 N–H and O–H groups in total. The van der Waals surface area contributed by atoms with E-state index in [1.54, 1.807) is 6.08 Å². The first-order chi connectivity index (χ1) is 17.7. The molecule has 8 nitrogen and oxygen atoms in total. The van der Waals surface area contributed by atoms with E-state index in [1.165, 1.54) is 0 Å². The number of benzene rings is 2. The second-order valence-electron chi connectivity index (χ2n) is 8.90. The molecule has 2 atom stereocenters. The van der Waals surface area contributed by atoms with Gasteiger partial charge in [0.25, 0.3) is 5.91 Å². The van der Waals surface area contributed by atoms with Crippen LogP contribution in [0.4, 0.5) is 0 Å². The van der Waals surface area contributed by atoms with E-state index in [4.69, 9.17) is 24.3 Å². The first-order valence-corrected chi connectivity index (χ1v) is 12.5. The highest BCUT2D eigenvalue weighted by molar-refractivity contribution is 6.01. The third-order valence-corrected chi connectivity index (χ3v) is 6.41. The molecule has 2 aromatic rings. The molecule has 0 bridgehead atoms. The molecule has 0 spiro atoms. The number of morpholine rings is 1. The van der Waals surface area contributed by atoms with Gasteiger partial charge in [-0.05, 0) is 29.8 Å². The number of carbonyl (C=O) groups excluding carboxylic acids is 1. The van der Waals surface area contributed by atoms with Crippen molar-refractivity contribution in [2.45, 2.75) is 24.5 Å². The zero-order chi connectivity index (χ0) is 25.2. The van der Waals surface area contributed by atoms with Crippen molar-refractivity contribution < 1.29 is 24.1 Å². The first kappa shape index (κ1) is 25.9. The Kier molecular flexibility index (Phi) is 9.11. The monoisotopic (exact) mass is 493 g/mol. The third kappa shape index (κ3) is 6.13. The minimum atomic E-state index is -1.17. The lowest BCUT2D eigenvalue weighted by atomic mass is 9.84. The van der Waals surface area contributed by atoms with Crippen molar-refractivity contribution in [2.75, 3.05) is 52.6 Å². The zero-order valence-electron chi connectivity index (χ0n) is 20.6. The van der Waals surface area contributed by atoms with Crippen molar-refractivity contribution in [3.05, 3.63) is 78.4 Å². The summed E-state index contributed by atoms with van der Waals surface area (Å²) >= 11 is 0. The molecule has 1 fully saturated rings. The van der Waals surface area contributed by atoms with E-state index >= 15 is 0 Å². The summed E-state index contributed by atoms with van der Waals surface area (Å²) in [6.07, 6.45) is 2.05. The minimum Gasteiger partial charge on any atom is -0.494 e. The number of nitrogens with zero attached hydrogens (tertiary/aromatic N) is 2. The number of hydrogen-bond donors (Lipinski definition) is 2. The number of rotatable bonds is 12. The van der Waals surface area contributed by atoms with E-state index in [0.29, 0.717) is 37.6 Å². The minimum absolute atomic E-state index is 0.0868. The molecule has 2 aliphatic rings. The Labute approximate surface area is 212 Å². The van der Waals surface area contributed by atoms with Crippen LogP contribution in [0.5, 0.6) is 5.75 Å². The summed E-state index contributed by atoms with van der Waals surface area (Å²) in [5.41, 5.74) is 0.475. The van der Waals surface area contributed by atoms with E-state index in [-0.39, 0.29) is 12.5 Å². The molecule has 2 aliphatic heterocycles. The highest BCUT2D eigenvalue weighted by atomic mass is 16.5. The maximum atomic E-state index is 13.7. The van der Waals surface area contributed by atoms with Gasteiger partial charge in [-0.1, -0.05) is 36.4 Å². The van der Waals surface area contributed by atoms with E-state index in [0.717, 1.165) is 44.0 Å². The fourth-order valence-electron chi connectivity index (χ4n) is 4.47. The van der Waals surface area contributed by atoms with Gasteiger partial charge in [-0.2, -0.15) is 0 Å². The van der Waals surface area contributed by atoms with Crippen molar-refractivity contribution in [1.82, 2.24) is 10.2 Å². The van der Waals surface area contributed by atoms with E-state index < -0.39 is 11.6 Å². The molecule has 1 amide bonds. The molecule has 36 heavy (non-hydrogen) atoms. The largest absolute Gasteiger partial charge is 0.494 e. The summed E-state index contributed by atoms with van der Waals surface area (Å²) in [5, 5.41) is 12.1. The zero-order valence-corrected chi connectivity index (χ0v) is 20.6. The lowest BCUT2D eigenvalue weighted by molar-refractivity contribution is -0.128. The van der Waals surface area contributed by atoms with Crippen molar-refractivity contribution in [1.29, 1.82) is 0 Å². The van der Waals surface area contributed by atoms with Gasteiger partial charge in [-0.3, -0.25) is 9.69 Å². The Hall–Kier alpha value is -3.20. The summed E-state index contributed by atoms with van der Waals surface area (Å²) in [6, 6.07) is 17.1. The number of aliphatic hydroxyl groups excluding tert-OH is 1. The predicted molar refractivity (Wildman–Crippen MR) is 138 cm³/mol.